The van der Waals surface area contributed by atoms with Gasteiger partial charge in [-0.15, -0.1) is 0 Å². The smallest absolute Gasteiger partial charge is 0.422 e. The molecule has 0 bridgehead atoms. The summed E-state index contributed by atoms with van der Waals surface area (Å²) in [5.74, 6) is 0.150. The molecule has 5 rings (SSSR count). The van der Waals surface area contributed by atoms with E-state index in [0.717, 1.165) is 6.07 Å². The van der Waals surface area contributed by atoms with Crippen molar-refractivity contribution in [2.24, 2.45) is 7.05 Å². The lowest BCUT2D eigenvalue weighted by molar-refractivity contribution is -0.154. The SMILES string of the molecule is Cc1nc2cc(N3CCO[C@@H](c4ccc(OCC(F)(F)F)nc4)C3)nc(-c3ccc(Cl)cc3F)c2c(=O)n1C. The van der Waals surface area contributed by atoms with Crippen LogP contribution in [0.25, 0.3) is 22.2 Å². The predicted octanol–water partition coefficient (Wildman–Crippen LogP) is 5.01. The summed E-state index contributed by atoms with van der Waals surface area (Å²) in [6.07, 6.45) is -3.54. The fourth-order valence-corrected chi connectivity index (χ4v) is 4.46. The van der Waals surface area contributed by atoms with Crippen LogP contribution in [-0.4, -0.2) is 52.0 Å². The maximum Gasteiger partial charge on any atom is 0.422 e. The molecule has 4 aromatic rings. The van der Waals surface area contributed by atoms with Crippen LogP contribution in [0.1, 0.15) is 17.5 Å². The second-order valence-corrected chi connectivity index (χ2v) is 9.45. The van der Waals surface area contributed by atoms with Gasteiger partial charge < -0.3 is 14.4 Å². The number of halogens is 5. The fourth-order valence-electron chi connectivity index (χ4n) is 4.30. The van der Waals surface area contributed by atoms with Crippen molar-refractivity contribution in [3.05, 3.63) is 75.2 Å². The van der Waals surface area contributed by atoms with E-state index in [2.05, 4.69) is 14.7 Å². The summed E-state index contributed by atoms with van der Waals surface area (Å²) in [5, 5.41) is 0.384. The third kappa shape index (κ3) is 5.66. The summed E-state index contributed by atoms with van der Waals surface area (Å²) >= 11 is 5.95. The van der Waals surface area contributed by atoms with E-state index in [4.69, 9.17) is 21.3 Å². The topological polar surface area (TPSA) is 82.4 Å². The number of benzene rings is 1. The summed E-state index contributed by atoms with van der Waals surface area (Å²) in [7, 11) is 1.58. The van der Waals surface area contributed by atoms with Crippen molar-refractivity contribution in [1.29, 1.82) is 0 Å². The van der Waals surface area contributed by atoms with Crippen LogP contribution in [0.3, 0.4) is 0 Å². The quantitative estimate of drug-likeness (QED) is 0.316. The summed E-state index contributed by atoms with van der Waals surface area (Å²) in [6.45, 7) is 1.33. The van der Waals surface area contributed by atoms with Crippen molar-refractivity contribution in [1.82, 2.24) is 19.5 Å². The maximum absolute atomic E-state index is 15.0. The second-order valence-electron chi connectivity index (χ2n) is 9.01. The van der Waals surface area contributed by atoms with E-state index in [9.17, 15) is 18.0 Å². The van der Waals surface area contributed by atoms with Gasteiger partial charge in [0.25, 0.3) is 5.56 Å². The first-order chi connectivity index (χ1) is 18.5. The van der Waals surface area contributed by atoms with Gasteiger partial charge in [0.2, 0.25) is 5.88 Å². The Labute approximate surface area is 224 Å². The van der Waals surface area contributed by atoms with E-state index in [1.54, 1.807) is 26.1 Å². The molecule has 8 nitrogen and oxygen atoms in total. The number of fused-ring (bicyclic) bond motifs is 1. The van der Waals surface area contributed by atoms with Crippen LogP contribution in [0, 0.1) is 12.7 Å². The summed E-state index contributed by atoms with van der Waals surface area (Å²) in [6, 6.07) is 8.76. The molecule has 3 aromatic heterocycles. The Bertz CT molecular complexity index is 1590. The third-order valence-corrected chi connectivity index (χ3v) is 6.60. The van der Waals surface area contributed by atoms with Gasteiger partial charge in [0.05, 0.1) is 23.2 Å². The Morgan fingerprint density at radius 2 is 1.97 bits per heavy atom. The van der Waals surface area contributed by atoms with E-state index in [-0.39, 0.29) is 33.1 Å². The lowest BCUT2D eigenvalue weighted by Crippen LogP contribution is -2.39. The highest BCUT2D eigenvalue weighted by molar-refractivity contribution is 6.30. The molecule has 1 saturated heterocycles. The zero-order valence-corrected chi connectivity index (χ0v) is 21.6. The van der Waals surface area contributed by atoms with Crippen LogP contribution in [0.15, 0.2) is 47.4 Å². The Morgan fingerprint density at radius 1 is 1.18 bits per heavy atom. The molecule has 1 aliphatic rings. The van der Waals surface area contributed by atoms with Gasteiger partial charge in [-0.3, -0.25) is 9.36 Å². The first-order valence-electron chi connectivity index (χ1n) is 11.9. The highest BCUT2D eigenvalue weighted by atomic mass is 35.5. The van der Waals surface area contributed by atoms with Crippen molar-refractivity contribution >= 4 is 28.3 Å². The van der Waals surface area contributed by atoms with Crippen LogP contribution in [0.4, 0.5) is 23.4 Å². The normalized spacial score (nSPS) is 16.1. The molecular weight excluding hydrogens is 542 g/mol. The highest BCUT2D eigenvalue weighted by Crippen LogP contribution is 2.33. The average Bonchev–Trinajstić information content (AvgIpc) is 2.90. The Balaban J connectivity index is 1.50. The summed E-state index contributed by atoms with van der Waals surface area (Å²) in [4.78, 5) is 28.3. The number of anilines is 1. The molecule has 0 aliphatic carbocycles. The van der Waals surface area contributed by atoms with Gasteiger partial charge in [-0.2, -0.15) is 13.2 Å². The Hall–Kier alpha value is -3.77. The molecule has 13 heteroatoms. The summed E-state index contributed by atoms with van der Waals surface area (Å²) in [5.41, 5.74) is 0.880. The highest BCUT2D eigenvalue weighted by Gasteiger charge is 2.29. The first-order valence-corrected chi connectivity index (χ1v) is 12.2. The number of aryl methyl sites for hydroxylation is 1. The van der Waals surface area contributed by atoms with E-state index < -0.39 is 24.7 Å². The molecule has 0 saturated carbocycles. The number of pyridine rings is 2. The van der Waals surface area contributed by atoms with Crippen LogP contribution in [0.2, 0.25) is 5.02 Å². The molecular formula is C26H22ClF4N5O3. The van der Waals surface area contributed by atoms with Gasteiger partial charge >= 0.3 is 6.18 Å². The van der Waals surface area contributed by atoms with Crippen molar-refractivity contribution in [2.75, 3.05) is 31.2 Å². The number of hydrogen-bond acceptors (Lipinski definition) is 7. The molecule has 0 N–H and O–H groups in total. The van der Waals surface area contributed by atoms with Gasteiger partial charge in [-0.25, -0.2) is 19.3 Å². The van der Waals surface area contributed by atoms with E-state index in [1.807, 2.05) is 4.90 Å². The molecule has 0 spiro atoms. The molecule has 0 amide bonds. The minimum Gasteiger partial charge on any atom is -0.468 e. The first kappa shape index (κ1) is 26.8. The maximum atomic E-state index is 15.0. The second kappa shape index (κ2) is 10.4. The van der Waals surface area contributed by atoms with Crippen molar-refractivity contribution in [3.63, 3.8) is 0 Å². The lowest BCUT2D eigenvalue weighted by Gasteiger charge is -2.34. The molecule has 39 heavy (non-hydrogen) atoms. The fraction of sp³-hybridized carbons (Fsp3) is 0.308. The largest absolute Gasteiger partial charge is 0.468 e. The van der Waals surface area contributed by atoms with Crippen LogP contribution in [-0.2, 0) is 11.8 Å². The third-order valence-electron chi connectivity index (χ3n) is 6.36. The van der Waals surface area contributed by atoms with Crippen LogP contribution < -0.4 is 15.2 Å². The number of nitrogens with zero attached hydrogens (tertiary/aromatic N) is 5. The summed E-state index contributed by atoms with van der Waals surface area (Å²) < 4.78 is 64.2. The van der Waals surface area contributed by atoms with Gasteiger partial charge in [0, 0.05) is 54.6 Å². The molecule has 0 radical (unpaired) electrons. The molecule has 1 aromatic carbocycles. The van der Waals surface area contributed by atoms with Crippen LogP contribution in [0.5, 0.6) is 5.88 Å². The van der Waals surface area contributed by atoms with E-state index in [0.29, 0.717) is 42.4 Å². The Morgan fingerprint density at radius 3 is 2.67 bits per heavy atom. The molecule has 1 atom stereocenters. The minimum atomic E-state index is -4.47. The van der Waals surface area contributed by atoms with E-state index in [1.165, 1.54) is 29.0 Å². The molecule has 4 heterocycles. The zero-order chi connectivity index (χ0) is 27.9. The lowest BCUT2D eigenvalue weighted by atomic mass is 10.1. The Kier molecular flexibility index (Phi) is 7.17. The van der Waals surface area contributed by atoms with Gasteiger partial charge in [-0.05, 0) is 31.2 Å². The van der Waals surface area contributed by atoms with Gasteiger partial charge in [0.1, 0.15) is 23.6 Å². The van der Waals surface area contributed by atoms with Crippen molar-refractivity contribution < 1.29 is 27.0 Å². The molecule has 204 valence electrons. The number of morpholine rings is 1. The van der Waals surface area contributed by atoms with Crippen molar-refractivity contribution in [2.45, 2.75) is 19.2 Å². The number of alkyl halides is 3. The predicted molar refractivity (Wildman–Crippen MR) is 137 cm³/mol. The number of aromatic nitrogens is 4. The number of rotatable bonds is 5. The minimum absolute atomic E-state index is 0.109. The zero-order valence-electron chi connectivity index (χ0n) is 20.8. The molecule has 0 unspecified atom stereocenters. The van der Waals surface area contributed by atoms with Crippen LogP contribution >= 0.6 is 11.6 Å². The van der Waals surface area contributed by atoms with Crippen molar-refractivity contribution in [3.8, 4) is 17.1 Å². The monoisotopic (exact) mass is 563 g/mol. The molecule has 1 aliphatic heterocycles. The number of hydrogen-bond donors (Lipinski definition) is 0. The van der Waals surface area contributed by atoms with Gasteiger partial charge in [-0.1, -0.05) is 11.6 Å². The number of ether oxygens (including phenoxy) is 2. The molecule has 1 fully saturated rings. The van der Waals surface area contributed by atoms with Gasteiger partial charge in [0.15, 0.2) is 6.61 Å². The standard InChI is InChI=1S/C26H22ClF4N5O3/c1-14-33-19-10-21(34-24(23(19)25(37)35(14)2)17-5-4-16(27)9-18(17)28)36-7-8-38-20(12-36)15-3-6-22(32-11-15)39-13-26(29,30)31/h3-6,9-11,20H,7-8,12-13H2,1-2H3/t20-/m1/s1. The van der Waals surface area contributed by atoms with E-state index >= 15 is 4.39 Å². The average molecular weight is 564 g/mol.